The Kier molecular flexibility index (Phi) is 5.79. The molecular weight excluding hydrogens is 247 g/mol. The van der Waals surface area contributed by atoms with Gasteiger partial charge in [-0.25, -0.2) is 4.79 Å². The fraction of sp³-hybridized carbons (Fsp3) is 0.385. The van der Waals surface area contributed by atoms with Gasteiger partial charge >= 0.3 is 5.97 Å². The Balaban J connectivity index is 2.57. The van der Waals surface area contributed by atoms with E-state index < -0.39 is 5.97 Å². The van der Waals surface area contributed by atoms with Crippen molar-refractivity contribution in [2.75, 3.05) is 6.61 Å². The van der Waals surface area contributed by atoms with Crippen molar-refractivity contribution in [3.63, 3.8) is 0 Å². The molecule has 0 radical (unpaired) electrons. The lowest BCUT2D eigenvalue weighted by atomic mass is 10.1. The molecule has 0 aliphatic carbocycles. The van der Waals surface area contributed by atoms with Crippen molar-refractivity contribution in [1.82, 2.24) is 5.20 Å². The lowest BCUT2D eigenvalue weighted by Gasteiger charge is -2.10. The van der Waals surface area contributed by atoms with Crippen molar-refractivity contribution in [3.8, 4) is 0 Å². The topological polar surface area (TPSA) is 50.7 Å². The van der Waals surface area contributed by atoms with Gasteiger partial charge in [-0.1, -0.05) is 17.7 Å². The highest BCUT2D eigenvalue weighted by Crippen LogP contribution is 2.14. The molecule has 1 N–H and O–H groups in total. The predicted molar refractivity (Wildman–Crippen MR) is 76.9 cm³/mol. The first-order chi connectivity index (χ1) is 8.54. The summed E-state index contributed by atoms with van der Waals surface area (Å²) in [6.07, 6.45) is 1.16. The molecule has 0 heterocycles. The third-order valence-corrected chi connectivity index (χ3v) is 3.66. The van der Waals surface area contributed by atoms with Crippen LogP contribution in [-0.2, 0) is 9.53 Å². The van der Waals surface area contributed by atoms with E-state index in [1.165, 1.54) is 22.0 Å². The number of hydrogen-bond donors (Lipinski definition) is 1. The van der Waals surface area contributed by atoms with Gasteiger partial charge in [-0.15, -0.1) is 0 Å². The maximum atomic E-state index is 11.0. The van der Waals surface area contributed by atoms with Gasteiger partial charge in [0, 0.05) is 14.0 Å². The van der Waals surface area contributed by atoms with E-state index >= 15 is 0 Å². The molecule has 0 aliphatic heterocycles. The molecule has 1 unspecified atom stereocenters. The van der Waals surface area contributed by atoms with E-state index in [0.29, 0.717) is 15.3 Å². The molecule has 1 aromatic rings. The highest BCUT2D eigenvalue weighted by Gasteiger charge is 2.03. The summed E-state index contributed by atoms with van der Waals surface area (Å²) in [5.74, 6) is -0.424. The van der Waals surface area contributed by atoms with E-state index in [-0.39, 0.29) is 0 Å². The normalized spacial score (nSPS) is 11.3. The molecule has 1 atom stereocenters. The lowest BCUT2D eigenvalue weighted by molar-refractivity contribution is -0.134. The number of hydrazone groups is 1. The minimum absolute atomic E-state index is 0.344. The van der Waals surface area contributed by atoms with Gasteiger partial charge < -0.3 is 4.74 Å². The van der Waals surface area contributed by atoms with Crippen LogP contribution in [0.1, 0.15) is 23.6 Å². The van der Waals surface area contributed by atoms with E-state index in [4.69, 9.17) is 4.74 Å². The summed E-state index contributed by atoms with van der Waals surface area (Å²) in [5.41, 5.74) is 3.74. The van der Waals surface area contributed by atoms with Gasteiger partial charge in [0.25, 0.3) is 0 Å². The van der Waals surface area contributed by atoms with Crippen molar-refractivity contribution in [2.24, 2.45) is 5.10 Å². The molecule has 0 saturated carbocycles. The van der Waals surface area contributed by atoms with Crippen molar-refractivity contribution >= 4 is 26.2 Å². The molecular formula is C13H19N2O2P. The van der Waals surface area contributed by atoms with Gasteiger partial charge in [0.1, 0.15) is 6.21 Å². The number of esters is 1. The minimum atomic E-state index is -0.424. The standard InChI is InChI=1S/C13H19N2O2P/c1-5-17-12(16)8-14-15-18-13-10(3)6-9(2)7-11(13)4/h6-8,15,18H,5H2,1-4H3/b14-8+. The van der Waals surface area contributed by atoms with Crippen LogP contribution in [0.15, 0.2) is 17.2 Å². The SMILES string of the molecule is CCOC(=O)/C=N/NPc1c(C)cc(C)cc1C. The van der Waals surface area contributed by atoms with E-state index in [1.807, 2.05) is 0 Å². The number of hydrogen-bond acceptors (Lipinski definition) is 4. The summed E-state index contributed by atoms with van der Waals surface area (Å²) >= 11 is 0. The van der Waals surface area contributed by atoms with Gasteiger partial charge in [-0.05, 0) is 38.8 Å². The summed E-state index contributed by atoms with van der Waals surface area (Å²) in [5, 5.41) is 7.98. The Labute approximate surface area is 110 Å². The minimum Gasteiger partial charge on any atom is -0.462 e. The zero-order valence-corrected chi connectivity index (χ0v) is 12.2. The predicted octanol–water partition coefficient (Wildman–Crippen LogP) is 1.97. The zero-order valence-electron chi connectivity index (χ0n) is 11.2. The molecule has 0 aromatic heterocycles. The smallest absolute Gasteiger partial charge is 0.351 e. The number of benzene rings is 1. The molecule has 98 valence electrons. The Morgan fingerprint density at radius 3 is 2.56 bits per heavy atom. The number of rotatable bonds is 5. The molecule has 1 aromatic carbocycles. The molecule has 0 aliphatic rings. The summed E-state index contributed by atoms with van der Waals surface area (Å²) in [7, 11) is 0.344. The maximum Gasteiger partial charge on any atom is 0.351 e. The Bertz CT molecular complexity index is 435. The summed E-state index contributed by atoms with van der Waals surface area (Å²) in [4.78, 5) is 11.0. The van der Waals surface area contributed by atoms with Gasteiger partial charge in [-0.2, -0.15) is 5.10 Å². The number of carbonyl (C=O) groups is 1. The van der Waals surface area contributed by atoms with E-state index in [9.17, 15) is 4.79 Å². The van der Waals surface area contributed by atoms with Crippen LogP contribution in [0.2, 0.25) is 0 Å². The van der Waals surface area contributed by atoms with Crippen LogP contribution in [0.3, 0.4) is 0 Å². The Morgan fingerprint density at radius 1 is 1.39 bits per heavy atom. The van der Waals surface area contributed by atoms with E-state index in [0.717, 1.165) is 6.21 Å². The average molecular weight is 266 g/mol. The summed E-state index contributed by atoms with van der Waals surface area (Å²) in [6.45, 7) is 8.38. The average Bonchev–Trinajstić information content (AvgIpc) is 2.27. The van der Waals surface area contributed by atoms with Crippen LogP contribution in [-0.4, -0.2) is 18.8 Å². The molecule has 0 fully saturated rings. The maximum absolute atomic E-state index is 11.0. The first-order valence-corrected chi connectivity index (χ1v) is 6.83. The number of nitrogens with one attached hydrogen (secondary N) is 1. The highest BCUT2D eigenvalue weighted by atomic mass is 31.1. The molecule has 4 nitrogen and oxygen atoms in total. The van der Waals surface area contributed by atoms with Crippen LogP contribution in [0.5, 0.6) is 0 Å². The zero-order chi connectivity index (χ0) is 13.5. The van der Waals surface area contributed by atoms with Crippen molar-refractivity contribution in [2.45, 2.75) is 27.7 Å². The third kappa shape index (κ3) is 4.46. The monoisotopic (exact) mass is 266 g/mol. The summed E-state index contributed by atoms with van der Waals surface area (Å²) < 4.78 is 4.73. The second-order valence-corrected chi connectivity index (χ2v) is 4.99. The van der Waals surface area contributed by atoms with Gasteiger partial charge in [0.15, 0.2) is 0 Å². The third-order valence-electron chi connectivity index (χ3n) is 2.38. The van der Waals surface area contributed by atoms with E-state index in [1.54, 1.807) is 6.92 Å². The number of carbonyl (C=O) groups excluding carboxylic acids is 1. The van der Waals surface area contributed by atoms with Gasteiger partial charge in [0.05, 0.1) is 6.61 Å². The largest absolute Gasteiger partial charge is 0.462 e. The molecule has 0 amide bonds. The van der Waals surface area contributed by atoms with Crippen molar-refractivity contribution < 1.29 is 9.53 Å². The van der Waals surface area contributed by atoms with Crippen molar-refractivity contribution in [1.29, 1.82) is 0 Å². The molecule has 1 rings (SSSR count). The van der Waals surface area contributed by atoms with Crippen molar-refractivity contribution in [3.05, 3.63) is 28.8 Å². The lowest BCUT2D eigenvalue weighted by Crippen LogP contribution is -2.12. The van der Waals surface area contributed by atoms with Gasteiger partial charge in [-0.3, -0.25) is 5.20 Å². The van der Waals surface area contributed by atoms with Gasteiger partial charge in [0.2, 0.25) is 0 Å². The number of aryl methyl sites for hydroxylation is 3. The molecule has 0 bridgehead atoms. The number of nitrogens with zero attached hydrogens (tertiary/aromatic N) is 1. The van der Waals surface area contributed by atoms with Crippen LogP contribution < -0.4 is 10.5 Å². The second kappa shape index (κ2) is 7.12. The Hall–Kier alpha value is -1.41. The van der Waals surface area contributed by atoms with E-state index in [2.05, 4.69) is 43.2 Å². The first kappa shape index (κ1) is 14.7. The van der Waals surface area contributed by atoms with Crippen LogP contribution in [0.25, 0.3) is 0 Å². The molecule has 18 heavy (non-hydrogen) atoms. The van der Waals surface area contributed by atoms with Crippen LogP contribution in [0, 0.1) is 20.8 Å². The fourth-order valence-corrected chi connectivity index (χ4v) is 2.51. The van der Waals surface area contributed by atoms with Crippen LogP contribution in [0.4, 0.5) is 0 Å². The molecule has 5 heteroatoms. The number of ether oxygens (including phenoxy) is 1. The van der Waals surface area contributed by atoms with Crippen LogP contribution >= 0.6 is 8.73 Å². The highest BCUT2D eigenvalue weighted by molar-refractivity contribution is 7.45. The summed E-state index contributed by atoms with van der Waals surface area (Å²) in [6, 6.07) is 4.29. The fourth-order valence-electron chi connectivity index (χ4n) is 1.73. The molecule has 0 spiro atoms. The first-order valence-electron chi connectivity index (χ1n) is 5.83. The molecule has 0 saturated heterocycles. The quantitative estimate of drug-likeness (QED) is 0.383. The Morgan fingerprint density at radius 2 is 2.00 bits per heavy atom. The second-order valence-electron chi connectivity index (χ2n) is 4.02.